The Hall–Kier alpha value is -3.35. The number of rotatable bonds is 9. The average molecular weight is 449 g/mol. The number of hydrogen-bond acceptors (Lipinski definition) is 4. The Kier molecular flexibility index (Phi) is 7.27. The van der Waals surface area contributed by atoms with Crippen molar-refractivity contribution in [3.05, 3.63) is 59.9 Å². The molecule has 1 aromatic carbocycles. The number of nitrogens with zero attached hydrogens (tertiary/aromatic N) is 1. The van der Waals surface area contributed by atoms with Gasteiger partial charge in [0.2, 0.25) is 17.7 Å². The molecule has 0 bridgehead atoms. The van der Waals surface area contributed by atoms with Crippen molar-refractivity contribution in [3.8, 4) is 5.88 Å². The lowest BCUT2D eigenvalue weighted by Crippen LogP contribution is -2.48. The van der Waals surface area contributed by atoms with Crippen LogP contribution in [0.2, 0.25) is 0 Å². The number of aromatic nitrogens is 2. The van der Waals surface area contributed by atoms with Gasteiger partial charge < -0.3 is 20.4 Å². The molecule has 1 aliphatic rings. The van der Waals surface area contributed by atoms with Gasteiger partial charge in [0.1, 0.15) is 12.1 Å². The highest BCUT2D eigenvalue weighted by molar-refractivity contribution is 5.90. The Morgan fingerprint density at radius 2 is 1.94 bits per heavy atom. The van der Waals surface area contributed by atoms with E-state index in [9.17, 15) is 9.59 Å². The van der Waals surface area contributed by atoms with Gasteiger partial charge in [-0.25, -0.2) is 4.98 Å². The van der Waals surface area contributed by atoms with Crippen LogP contribution in [-0.2, 0) is 22.6 Å². The molecule has 2 amide bonds. The van der Waals surface area contributed by atoms with E-state index in [1.165, 1.54) is 12.8 Å². The van der Waals surface area contributed by atoms with Crippen molar-refractivity contribution in [2.45, 2.75) is 64.6 Å². The SMILES string of the molecule is CC(C)C(=O)NC(Cc1c[nH]c2ccccc12)C(=O)NCc1ccnc(OC2CCCC2)c1. The molecule has 3 N–H and O–H groups in total. The second kappa shape index (κ2) is 10.5. The van der Waals surface area contributed by atoms with Crippen LogP contribution < -0.4 is 15.4 Å². The molecule has 0 spiro atoms. The van der Waals surface area contributed by atoms with E-state index in [-0.39, 0.29) is 23.8 Å². The van der Waals surface area contributed by atoms with Crippen LogP contribution in [0.3, 0.4) is 0 Å². The number of carbonyl (C=O) groups is 2. The van der Waals surface area contributed by atoms with Gasteiger partial charge in [-0.05, 0) is 48.9 Å². The maximum Gasteiger partial charge on any atom is 0.243 e. The van der Waals surface area contributed by atoms with Gasteiger partial charge in [0.05, 0.1) is 0 Å². The summed E-state index contributed by atoms with van der Waals surface area (Å²) in [6, 6.07) is 11.0. The first-order chi connectivity index (χ1) is 16.0. The second-order valence-corrected chi connectivity index (χ2v) is 9.02. The van der Waals surface area contributed by atoms with E-state index in [2.05, 4.69) is 20.6 Å². The molecule has 7 nitrogen and oxygen atoms in total. The van der Waals surface area contributed by atoms with Gasteiger partial charge in [0.15, 0.2) is 0 Å². The van der Waals surface area contributed by atoms with E-state index in [0.717, 1.165) is 34.9 Å². The summed E-state index contributed by atoms with van der Waals surface area (Å²) in [5, 5.41) is 6.94. The molecular weight excluding hydrogens is 416 g/mol. The molecule has 0 radical (unpaired) electrons. The Balaban J connectivity index is 1.43. The quantitative estimate of drug-likeness (QED) is 0.463. The van der Waals surface area contributed by atoms with Gasteiger partial charge in [-0.2, -0.15) is 0 Å². The van der Waals surface area contributed by atoms with Crippen molar-refractivity contribution in [1.29, 1.82) is 0 Å². The lowest BCUT2D eigenvalue weighted by Gasteiger charge is -2.20. The summed E-state index contributed by atoms with van der Waals surface area (Å²) in [4.78, 5) is 33.1. The van der Waals surface area contributed by atoms with E-state index >= 15 is 0 Å². The summed E-state index contributed by atoms with van der Waals surface area (Å²) in [7, 11) is 0. The summed E-state index contributed by atoms with van der Waals surface area (Å²) in [5.74, 6) is 0.0198. The Morgan fingerprint density at radius 1 is 1.15 bits per heavy atom. The van der Waals surface area contributed by atoms with Crippen molar-refractivity contribution < 1.29 is 14.3 Å². The summed E-state index contributed by atoms with van der Waals surface area (Å²) in [6.45, 7) is 3.97. The molecule has 0 saturated heterocycles. The van der Waals surface area contributed by atoms with Crippen LogP contribution in [0.1, 0.15) is 50.7 Å². The maximum atomic E-state index is 13.1. The minimum atomic E-state index is -0.671. The molecule has 1 saturated carbocycles. The van der Waals surface area contributed by atoms with Gasteiger partial charge >= 0.3 is 0 Å². The van der Waals surface area contributed by atoms with E-state index in [4.69, 9.17) is 4.74 Å². The Labute approximate surface area is 194 Å². The third-order valence-corrected chi connectivity index (χ3v) is 6.11. The molecule has 1 atom stereocenters. The van der Waals surface area contributed by atoms with E-state index in [1.54, 1.807) is 6.20 Å². The first-order valence-electron chi connectivity index (χ1n) is 11.7. The zero-order valence-electron chi connectivity index (χ0n) is 19.3. The molecule has 1 unspecified atom stereocenters. The van der Waals surface area contributed by atoms with E-state index < -0.39 is 6.04 Å². The van der Waals surface area contributed by atoms with Crippen molar-refractivity contribution in [2.24, 2.45) is 5.92 Å². The molecule has 33 heavy (non-hydrogen) atoms. The van der Waals surface area contributed by atoms with Gasteiger partial charge in [0, 0.05) is 48.2 Å². The van der Waals surface area contributed by atoms with Crippen LogP contribution in [0, 0.1) is 5.92 Å². The fraction of sp³-hybridized carbons (Fsp3) is 0.423. The number of aromatic amines is 1. The molecule has 2 aromatic heterocycles. The van der Waals surface area contributed by atoms with Crippen molar-refractivity contribution in [3.63, 3.8) is 0 Å². The molecule has 0 aliphatic heterocycles. The minimum absolute atomic E-state index is 0.147. The number of ether oxygens (including phenoxy) is 1. The number of nitrogens with one attached hydrogen (secondary N) is 3. The molecule has 3 aromatic rings. The lowest BCUT2D eigenvalue weighted by atomic mass is 10.0. The largest absolute Gasteiger partial charge is 0.474 e. The molecule has 1 aliphatic carbocycles. The predicted molar refractivity (Wildman–Crippen MR) is 128 cm³/mol. The Morgan fingerprint density at radius 3 is 2.73 bits per heavy atom. The fourth-order valence-electron chi connectivity index (χ4n) is 4.18. The van der Waals surface area contributed by atoms with Crippen LogP contribution in [0.25, 0.3) is 10.9 Å². The van der Waals surface area contributed by atoms with E-state index in [1.807, 2.05) is 56.4 Å². The summed E-state index contributed by atoms with van der Waals surface area (Å²) in [6.07, 6.45) is 8.76. The number of amides is 2. The monoisotopic (exact) mass is 448 g/mol. The minimum Gasteiger partial charge on any atom is -0.474 e. The van der Waals surface area contributed by atoms with Gasteiger partial charge in [-0.15, -0.1) is 0 Å². The van der Waals surface area contributed by atoms with Crippen LogP contribution in [-0.4, -0.2) is 33.9 Å². The van der Waals surface area contributed by atoms with Crippen LogP contribution in [0.15, 0.2) is 48.8 Å². The normalized spacial score (nSPS) is 15.0. The summed E-state index contributed by atoms with van der Waals surface area (Å²) in [5.41, 5.74) is 2.91. The Bertz CT molecular complexity index is 1100. The number of benzene rings is 1. The highest BCUT2D eigenvalue weighted by atomic mass is 16.5. The third-order valence-electron chi connectivity index (χ3n) is 6.11. The van der Waals surface area contributed by atoms with Crippen molar-refractivity contribution in [1.82, 2.24) is 20.6 Å². The number of H-pyrrole nitrogens is 1. The number of carbonyl (C=O) groups excluding carboxylic acids is 2. The third kappa shape index (κ3) is 5.92. The molecule has 2 heterocycles. The zero-order valence-corrected chi connectivity index (χ0v) is 19.3. The highest BCUT2D eigenvalue weighted by Crippen LogP contribution is 2.23. The topological polar surface area (TPSA) is 96.1 Å². The molecule has 7 heteroatoms. The maximum absolute atomic E-state index is 13.1. The lowest BCUT2D eigenvalue weighted by molar-refractivity contribution is -0.130. The highest BCUT2D eigenvalue weighted by Gasteiger charge is 2.24. The van der Waals surface area contributed by atoms with Crippen molar-refractivity contribution >= 4 is 22.7 Å². The van der Waals surface area contributed by atoms with Crippen LogP contribution in [0.5, 0.6) is 5.88 Å². The second-order valence-electron chi connectivity index (χ2n) is 9.02. The molecule has 4 rings (SSSR count). The number of hydrogen-bond donors (Lipinski definition) is 3. The first kappa shape index (κ1) is 22.8. The summed E-state index contributed by atoms with van der Waals surface area (Å²) < 4.78 is 5.98. The molecule has 1 fully saturated rings. The zero-order chi connectivity index (χ0) is 23.2. The van der Waals surface area contributed by atoms with Gasteiger partial charge in [0.25, 0.3) is 0 Å². The van der Waals surface area contributed by atoms with Crippen molar-refractivity contribution in [2.75, 3.05) is 0 Å². The predicted octanol–water partition coefficient (Wildman–Crippen LogP) is 3.88. The number of fused-ring (bicyclic) bond motifs is 1. The summed E-state index contributed by atoms with van der Waals surface area (Å²) >= 11 is 0. The standard InChI is InChI=1S/C26H32N4O3/c1-17(2)25(31)30-23(14-19-16-28-22-10-6-5-9-21(19)22)26(32)29-15-18-11-12-27-24(13-18)33-20-7-3-4-8-20/h5-6,9-13,16-17,20,23,28H,3-4,7-8,14-15H2,1-2H3,(H,29,32)(H,30,31). The number of para-hydroxylation sites is 1. The van der Waals surface area contributed by atoms with Gasteiger partial charge in [-0.1, -0.05) is 32.0 Å². The van der Waals surface area contributed by atoms with Crippen LogP contribution >= 0.6 is 0 Å². The molecule has 174 valence electrons. The number of pyridine rings is 1. The first-order valence-corrected chi connectivity index (χ1v) is 11.7. The van der Waals surface area contributed by atoms with Crippen LogP contribution in [0.4, 0.5) is 0 Å². The fourth-order valence-corrected chi connectivity index (χ4v) is 4.18. The van der Waals surface area contributed by atoms with E-state index in [0.29, 0.717) is 18.8 Å². The molecular formula is C26H32N4O3. The average Bonchev–Trinajstić information content (AvgIpc) is 3.47. The smallest absolute Gasteiger partial charge is 0.243 e. The van der Waals surface area contributed by atoms with Gasteiger partial charge in [-0.3, -0.25) is 9.59 Å².